The number of benzene rings is 4. The number of pyridine rings is 2. The fourth-order valence-corrected chi connectivity index (χ4v) is 9.04. The van der Waals surface area contributed by atoms with Crippen LogP contribution >= 0.6 is 0 Å². The van der Waals surface area contributed by atoms with Crippen LogP contribution < -0.4 is 10.6 Å². The van der Waals surface area contributed by atoms with Crippen LogP contribution in [-0.2, 0) is 14.3 Å². The Bertz CT molecular complexity index is 3380. The Morgan fingerprint density at radius 3 is 1.61 bits per heavy atom. The molecule has 80 heavy (non-hydrogen) atoms. The predicted octanol–water partition coefficient (Wildman–Crippen LogP) is 12.0. The summed E-state index contributed by atoms with van der Waals surface area (Å²) in [5.74, 6) is -0.803. The molecule has 6 N–H and O–H groups in total. The number of carbonyl (C=O) groups excluding carboxylic acids is 1. The summed E-state index contributed by atoms with van der Waals surface area (Å²) >= 11 is 0. The zero-order valence-corrected chi connectivity index (χ0v) is 47.2. The van der Waals surface area contributed by atoms with Crippen LogP contribution in [0.2, 0.25) is 0 Å². The first-order chi connectivity index (χ1) is 38.2. The van der Waals surface area contributed by atoms with E-state index in [1.165, 1.54) is 30.3 Å². The number of ether oxygens (including phenoxy) is 1. The molecule has 8 aromatic rings. The van der Waals surface area contributed by atoms with Crippen molar-refractivity contribution in [2.45, 2.75) is 102 Å². The molecule has 0 radical (unpaired) electrons. The molecule has 0 spiro atoms. The van der Waals surface area contributed by atoms with Gasteiger partial charge < -0.3 is 35.8 Å². The van der Waals surface area contributed by atoms with Gasteiger partial charge in [0.1, 0.15) is 29.4 Å². The number of carbonyl (C=O) groups is 2. The molecular weight excluding hydrogens is 1050 g/mol. The molecule has 0 amide bonds. The van der Waals surface area contributed by atoms with Gasteiger partial charge in [-0.25, -0.2) is 28.1 Å². The van der Waals surface area contributed by atoms with E-state index in [9.17, 15) is 33.7 Å². The van der Waals surface area contributed by atoms with Crippen molar-refractivity contribution >= 4 is 84.8 Å². The molecule has 1 aliphatic rings. The molecule has 18 heteroatoms. The molecular formula is C62H64CaF2N8O7+2. The minimum absolute atomic E-state index is 0. The zero-order chi connectivity index (χ0) is 56.0. The Morgan fingerprint density at radius 1 is 0.713 bits per heavy atom. The number of hydrogen-bond donors (Lipinski definition) is 6. The monoisotopic (exact) mass is 1110 g/mol. The van der Waals surface area contributed by atoms with Gasteiger partial charge >= 0.3 is 49.7 Å². The van der Waals surface area contributed by atoms with E-state index in [0.29, 0.717) is 23.8 Å². The number of anilines is 4. The van der Waals surface area contributed by atoms with Crippen LogP contribution in [0.1, 0.15) is 101 Å². The van der Waals surface area contributed by atoms with Gasteiger partial charge in [0.15, 0.2) is 0 Å². The molecule has 0 saturated carbocycles. The fraction of sp³-hybridized carbons (Fsp3) is 0.258. The van der Waals surface area contributed by atoms with Crippen LogP contribution in [0.25, 0.3) is 46.0 Å². The van der Waals surface area contributed by atoms with Crippen molar-refractivity contribution in [3.63, 3.8) is 0 Å². The normalized spacial score (nSPS) is 15.7. The van der Waals surface area contributed by atoms with Gasteiger partial charge in [0.25, 0.3) is 0 Å². The zero-order valence-electron chi connectivity index (χ0n) is 45.0. The number of cyclic esters (lactones) is 1. The van der Waals surface area contributed by atoms with Gasteiger partial charge in [0.05, 0.1) is 65.3 Å². The second-order valence-corrected chi connectivity index (χ2v) is 19.4. The Labute approximate surface area is 493 Å². The molecule has 9 rings (SSSR count). The minimum atomic E-state index is -1.18. The summed E-state index contributed by atoms with van der Waals surface area (Å²) in [5, 5.41) is 56.2. The maximum absolute atomic E-state index is 13.9. The van der Waals surface area contributed by atoms with Gasteiger partial charge in [0.2, 0.25) is 0 Å². The molecule has 0 bridgehead atoms. The van der Waals surface area contributed by atoms with E-state index in [-0.39, 0.29) is 74.1 Å². The van der Waals surface area contributed by atoms with Gasteiger partial charge in [-0.15, -0.1) is 0 Å². The minimum Gasteiger partial charge on any atom is -0.481 e. The molecule has 1 aliphatic heterocycles. The van der Waals surface area contributed by atoms with Crippen molar-refractivity contribution in [3.05, 3.63) is 192 Å². The third-order valence-corrected chi connectivity index (χ3v) is 13.4. The predicted molar refractivity (Wildman–Crippen MR) is 308 cm³/mol. The van der Waals surface area contributed by atoms with Crippen LogP contribution in [-0.4, -0.2) is 124 Å². The Morgan fingerprint density at radius 2 is 1.18 bits per heavy atom. The summed E-state index contributed by atoms with van der Waals surface area (Å²) < 4.78 is 36.9. The van der Waals surface area contributed by atoms with Crippen LogP contribution in [0.15, 0.2) is 158 Å². The molecule has 408 valence electrons. The molecule has 0 aliphatic carbocycles. The number of hydrogen-bond acceptors (Lipinski definition) is 12. The Balaban J connectivity index is 0.000000228. The summed E-state index contributed by atoms with van der Waals surface area (Å²) in [6.45, 7) is 8.32. The summed E-state index contributed by atoms with van der Waals surface area (Å²) in [6, 6.07) is 39.4. The average molecular weight is 1110 g/mol. The summed E-state index contributed by atoms with van der Waals surface area (Å²) in [5.41, 5.74) is 9.53. The SMILES string of the molecule is CCC(C)c1nn(-c2ccnc(Nc3ccccc3)c2)c(-c2ccc(F)cc2)c1/C=C/[C@@H](O)C[C@@H](O)CC(=O)O.CCC(C)c1nn(-c2ccnc(Nc3ccccc3)c2)c(-c2ccc(F)cc2)c1/C=C/[C@@H]1C[C@@H](O)CC(=O)O1.[Ca+2]. The van der Waals surface area contributed by atoms with Crippen molar-refractivity contribution in [2.75, 3.05) is 10.6 Å². The number of nitrogens with zero attached hydrogens (tertiary/aromatic N) is 6. The maximum atomic E-state index is 13.9. The standard InChI is InChI=1S/C31H33FN4O4.C31H31FN4O3.Ca/c1-3-20(2)30-27(14-13-25(37)18-26(38)19-29(39)40)31(21-9-11-22(32)12-10-21)36(35-30)24-15-16-33-28(17-24)34-23-7-5-4-6-8-23;1-3-20(2)30-27(14-13-26-18-25(37)19-29(38)39-26)31(21-9-11-22(32)12-10-21)36(35-30)24-15-16-33-28(17-24)34-23-7-5-4-6-8-23;/h4-17,20,25-26,37-38H,3,18-19H2,1-2H3,(H,33,34)(H,39,40);4-17,20,25-26,37H,3,18-19H2,1-2H3,(H,33,34);/q;;+2/b2*14-13+;/t2*20?,25-,26-;/m11./s1. The number of nitrogens with one attached hydrogen (secondary N) is 2. The third kappa shape index (κ3) is 15.9. The molecule has 15 nitrogen and oxygen atoms in total. The molecule has 2 unspecified atom stereocenters. The number of halogens is 2. The number of aliphatic hydroxyl groups is 3. The molecule has 5 heterocycles. The Hall–Kier alpha value is -7.38. The smallest absolute Gasteiger partial charge is 0.481 e. The van der Waals surface area contributed by atoms with Crippen molar-refractivity contribution in [3.8, 4) is 33.9 Å². The quantitative estimate of drug-likeness (QED) is 0.0310. The van der Waals surface area contributed by atoms with Crippen LogP contribution in [0, 0.1) is 11.6 Å². The number of esters is 1. The number of rotatable bonds is 20. The summed E-state index contributed by atoms with van der Waals surface area (Å²) in [6.07, 6.45) is 8.26. The van der Waals surface area contributed by atoms with E-state index < -0.39 is 42.8 Å². The molecule has 6 atom stereocenters. The maximum Gasteiger partial charge on any atom is 2.00 e. The fourth-order valence-electron chi connectivity index (χ4n) is 9.04. The van der Waals surface area contributed by atoms with E-state index >= 15 is 0 Å². The third-order valence-electron chi connectivity index (χ3n) is 13.4. The second kappa shape index (κ2) is 28.7. The first-order valence-electron chi connectivity index (χ1n) is 26.3. The van der Waals surface area contributed by atoms with E-state index in [1.807, 2.05) is 95.7 Å². The first-order valence-corrected chi connectivity index (χ1v) is 26.3. The van der Waals surface area contributed by atoms with Crippen molar-refractivity contribution in [1.29, 1.82) is 0 Å². The van der Waals surface area contributed by atoms with Crippen molar-refractivity contribution < 1.29 is 43.5 Å². The van der Waals surface area contributed by atoms with E-state index in [0.717, 1.165) is 74.9 Å². The van der Waals surface area contributed by atoms with Gasteiger partial charge in [-0.3, -0.25) is 9.59 Å². The van der Waals surface area contributed by atoms with Crippen LogP contribution in [0.4, 0.5) is 31.8 Å². The van der Waals surface area contributed by atoms with Gasteiger partial charge in [0, 0.05) is 82.8 Å². The van der Waals surface area contributed by atoms with Gasteiger partial charge in [-0.2, -0.15) is 10.2 Å². The number of para-hydroxylation sites is 2. The van der Waals surface area contributed by atoms with Crippen LogP contribution in [0.3, 0.4) is 0 Å². The number of aromatic nitrogens is 6. The summed E-state index contributed by atoms with van der Waals surface area (Å²) in [7, 11) is 0. The van der Waals surface area contributed by atoms with Gasteiger partial charge in [-0.05, 0) is 104 Å². The van der Waals surface area contributed by atoms with E-state index in [4.69, 9.17) is 20.0 Å². The Kier molecular flexibility index (Phi) is 21.6. The number of carboxylic acid groups (broad SMARTS) is 1. The topological polar surface area (TPSA) is 210 Å². The first kappa shape index (κ1) is 60.3. The second-order valence-electron chi connectivity index (χ2n) is 19.4. The number of carboxylic acids is 1. The number of aliphatic hydroxyl groups excluding tert-OH is 3. The van der Waals surface area contributed by atoms with Crippen molar-refractivity contribution in [1.82, 2.24) is 29.5 Å². The van der Waals surface area contributed by atoms with Crippen LogP contribution in [0.5, 0.6) is 0 Å². The van der Waals surface area contributed by atoms with Crippen molar-refractivity contribution in [2.24, 2.45) is 0 Å². The molecule has 1 saturated heterocycles. The van der Waals surface area contributed by atoms with E-state index in [2.05, 4.69) is 48.3 Å². The van der Waals surface area contributed by atoms with E-state index in [1.54, 1.807) is 53.5 Å². The molecule has 1 fully saturated rings. The summed E-state index contributed by atoms with van der Waals surface area (Å²) in [4.78, 5) is 31.7. The average Bonchev–Trinajstić information content (AvgIpc) is 4.18. The number of aliphatic carboxylic acids is 1. The molecule has 4 aromatic heterocycles. The molecule has 4 aromatic carbocycles. The van der Waals surface area contributed by atoms with Gasteiger partial charge in [-0.1, -0.05) is 82.3 Å². The largest absolute Gasteiger partial charge is 2.00 e.